The molecular weight excluding hydrogens is 427 g/mol. The molecule has 1 unspecified atom stereocenters. The van der Waals surface area contributed by atoms with Crippen molar-refractivity contribution in [3.63, 3.8) is 0 Å². The number of nitrogens with one attached hydrogen (secondary N) is 2. The molecule has 2 fully saturated rings. The number of pyridine rings is 1. The largest absolute Gasteiger partial charge is 0.477 e. The van der Waals surface area contributed by atoms with Crippen molar-refractivity contribution in [2.45, 2.75) is 38.3 Å². The number of benzene rings is 1. The molecule has 0 bridgehead atoms. The fourth-order valence-corrected chi connectivity index (χ4v) is 4.49. The first-order valence-corrected chi connectivity index (χ1v) is 11.2. The molecule has 0 spiro atoms. The van der Waals surface area contributed by atoms with Crippen LogP contribution in [-0.2, 0) is 0 Å². The standard InChI is InChI=1S/C23H25FN6O3/c1-2-32-21-15(7-4-11-25-21)20-27-22(33-29-20)18-9-5-13-30(18)23(31)14-6-3-8-16(24)19(14)17-10-12-26-28-17/h3-4,6-8,11,17-18,26,28H,2,5,9-10,12-13H2,1H3/t17?,18-/m0/s1. The van der Waals surface area contributed by atoms with Crippen molar-refractivity contribution in [1.82, 2.24) is 30.9 Å². The Morgan fingerprint density at radius 1 is 1.30 bits per heavy atom. The summed E-state index contributed by atoms with van der Waals surface area (Å²) < 4.78 is 25.9. The van der Waals surface area contributed by atoms with Crippen LogP contribution in [-0.4, -0.2) is 45.6 Å². The van der Waals surface area contributed by atoms with Crippen molar-refractivity contribution in [2.75, 3.05) is 19.7 Å². The molecule has 2 aromatic heterocycles. The van der Waals surface area contributed by atoms with Gasteiger partial charge in [-0.05, 0) is 50.5 Å². The summed E-state index contributed by atoms with van der Waals surface area (Å²) in [7, 11) is 0. The Bertz CT molecular complexity index is 1150. The topological polar surface area (TPSA) is 105 Å². The molecule has 172 valence electrons. The molecule has 2 saturated heterocycles. The molecule has 2 atom stereocenters. The lowest BCUT2D eigenvalue weighted by molar-refractivity contribution is 0.0707. The van der Waals surface area contributed by atoms with Crippen LogP contribution in [0.1, 0.15) is 60.1 Å². The van der Waals surface area contributed by atoms with Crippen LogP contribution in [0.5, 0.6) is 5.88 Å². The van der Waals surface area contributed by atoms with Gasteiger partial charge >= 0.3 is 0 Å². The zero-order chi connectivity index (χ0) is 22.8. The van der Waals surface area contributed by atoms with E-state index in [4.69, 9.17) is 9.26 Å². The molecule has 2 N–H and O–H groups in total. The molecule has 3 aromatic rings. The molecule has 0 radical (unpaired) electrons. The second-order valence-corrected chi connectivity index (χ2v) is 8.02. The zero-order valence-electron chi connectivity index (χ0n) is 18.3. The van der Waals surface area contributed by atoms with Crippen LogP contribution in [0.25, 0.3) is 11.4 Å². The van der Waals surface area contributed by atoms with Gasteiger partial charge in [0.1, 0.15) is 11.9 Å². The summed E-state index contributed by atoms with van der Waals surface area (Å²) in [5.41, 5.74) is 7.44. The summed E-state index contributed by atoms with van der Waals surface area (Å²) in [5.74, 6) is 0.498. The fourth-order valence-electron chi connectivity index (χ4n) is 4.49. The molecule has 5 rings (SSSR count). The molecular formula is C23H25FN6O3. The molecule has 4 heterocycles. The third-order valence-corrected chi connectivity index (χ3v) is 6.00. The van der Waals surface area contributed by atoms with Crippen LogP contribution in [0.15, 0.2) is 41.1 Å². The Balaban J connectivity index is 1.44. The minimum absolute atomic E-state index is 0.239. The van der Waals surface area contributed by atoms with Crippen molar-refractivity contribution in [2.24, 2.45) is 0 Å². The van der Waals surface area contributed by atoms with Gasteiger partial charge in [0.2, 0.25) is 17.6 Å². The Kier molecular flexibility index (Phi) is 6.01. The minimum atomic E-state index is -0.391. The number of hydrogen-bond donors (Lipinski definition) is 2. The van der Waals surface area contributed by atoms with Gasteiger partial charge in [-0.25, -0.2) is 9.37 Å². The quantitative estimate of drug-likeness (QED) is 0.588. The number of hydrazine groups is 1. The van der Waals surface area contributed by atoms with Gasteiger partial charge in [-0.1, -0.05) is 11.2 Å². The molecule has 1 aromatic carbocycles. The van der Waals surface area contributed by atoms with Crippen LogP contribution in [0.3, 0.4) is 0 Å². The van der Waals surface area contributed by atoms with E-state index in [9.17, 15) is 9.18 Å². The molecule has 0 saturated carbocycles. The van der Waals surface area contributed by atoms with Crippen molar-refractivity contribution in [3.8, 4) is 17.3 Å². The van der Waals surface area contributed by atoms with E-state index in [0.29, 0.717) is 66.8 Å². The number of carbonyl (C=O) groups is 1. The first-order valence-electron chi connectivity index (χ1n) is 11.2. The number of carbonyl (C=O) groups excluding carboxylic acids is 1. The third-order valence-electron chi connectivity index (χ3n) is 6.00. The van der Waals surface area contributed by atoms with Gasteiger partial charge in [-0.3, -0.25) is 15.6 Å². The normalized spacial score (nSPS) is 20.4. The first-order chi connectivity index (χ1) is 16.2. The van der Waals surface area contributed by atoms with Crippen LogP contribution in [0, 0.1) is 5.82 Å². The summed E-state index contributed by atoms with van der Waals surface area (Å²) in [6.45, 7) is 3.58. The average molecular weight is 452 g/mol. The number of likely N-dealkylation sites (tertiary alicyclic amines) is 1. The van der Waals surface area contributed by atoms with E-state index < -0.39 is 5.82 Å². The third kappa shape index (κ3) is 4.07. The Morgan fingerprint density at radius 3 is 3.03 bits per heavy atom. The van der Waals surface area contributed by atoms with Gasteiger partial charge < -0.3 is 14.2 Å². The van der Waals surface area contributed by atoms with Crippen LogP contribution in [0.4, 0.5) is 4.39 Å². The number of amides is 1. The lowest BCUT2D eigenvalue weighted by Crippen LogP contribution is -2.33. The van der Waals surface area contributed by atoms with E-state index in [2.05, 4.69) is 26.0 Å². The smallest absolute Gasteiger partial charge is 0.254 e. The number of hydrogen-bond acceptors (Lipinski definition) is 8. The van der Waals surface area contributed by atoms with Crippen LogP contribution in [0.2, 0.25) is 0 Å². The van der Waals surface area contributed by atoms with Crippen LogP contribution < -0.4 is 15.6 Å². The zero-order valence-corrected chi connectivity index (χ0v) is 18.3. The van der Waals surface area contributed by atoms with E-state index in [1.807, 2.05) is 13.0 Å². The highest BCUT2D eigenvalue weighted by molar-refractivity contribution is 5.96. The Labute approximate surface area is 190 Å². The summed E-state index contributed by atoms with van der Waals surface area (Å²) >= 11 is 0. The Morgan fingerprint density at radius 2 is 2.21 bits per heavy atom. The molecule has 33 heavy (non-hydrogen) atoms. The maximum absolute atomic E-state index is 14.8. The second kappa shape index (κ2) is 9.24. The molecule has 2 aliphatic rings. The van der Waals surface area contributed by atoms with Gasteiger partial charge in [0, 0.05) is 30.4 Å². The summed E-state index contributed by atoms with van der Waals surface area (Å²) in [5, 5.41) is 4.11. The minimum Gasteiger partial charge on any atom is -0.477 e. The van der Waals surface area contributed by atoms with E-state index in [-0.39, 0.29) is 18.0 Å². The predicted molar refractivity (Wildman–Crippen MR) is 117 cm³/mol. The molecule has 0 aliphatic carbocycles. The number of halogens is 1. The fraction of sp³-hybridized carbons (Fsp3) is 0.391. The van der Waals surface area contributed by atoms with Crippen molar-refractivity contribution >= 4 is 5.91 Å². The Hall–Kier alpha value is -3.37. The maximum atomic E-state index is 14.8. The molecule has 1 amide bonds. The monoisotopic (exact) mass is 452 g/mol. The number of aromatic nitrogens is 3. The maximum Gasteiger partial charge on any atom is 0.254 e. The van der Waals surface area contributed by atoms with Crippen LogP contribution >= 0.6 is 0 Å². The highest BCUT2D eigenvalue weighted by Crippen LogP contribution is 2.36. The van der Waals surface area contributed by atoms with Crippen molar-refractivity contribution < 1.29 is 18.4 Å². The molecule has 9 nitrogen and oxygen atoms in total. The van der Waals surface area contributed by atoms with E-state index in [0.717, 1.165) is 6.42 Å². The van der Waals surface area contributed by atoms with E-state index in [1.165, 1.54) is 6.07 Å². The van der Waals surface area contributed by atoms with Gasteiger partial charge in [-0.2, -0.15) is 4.98 Å². The second-order valence-electron chi connectivity index (χ2n) is 8.02. The van der Waals surface area contributed by atoms with Gasteiger partial charge in [0.15, 0.2) is 0 Å². The summed E-state index contributed by atoms with van der Waals surface area (Å²) in [6.07, 6.45) is 3.81. The predicted octanol–water partition coefficient (Wildman–Crippen LogP) is 3.19. The van der Waals surface area contributed by atoms with Gasteiger partial charge in [-0.15, -0.1) is 0 Å². The highest BCUT2D eigenvalue weighted by Gasteiger charge is 2.37. The molecule has 2 aliphatic heterocycles. The lowest BCUT2D eigenvalue weighted by atomic mass is 9.97. The lowest BCUT2D eigenvalue weighted by Gasteiger charge is -2.24. The average Bonchev–Trinajstić information content (AvgIpc) is 3.60. The van der Waals surface area contributed by atoms with E-state index in [1.54, 1.807) is 29.3 Å². The van der Waals surface area contributed by atoms with Crippen molar-refractivity contribution in [1.29, 1.82) is 0 Å². The first kappa shape index (κ1) is 21.5. The number of ether oxygens (including phenoxy) is 1. The number of nitrogens with zero attached hydrogens (tertiary/aromatic N) is 4. The SMILES string of the molecule is CCOc1ncccc1-c1noc([C@@H]2CCCN2C(=O)c2cccc(F)c2C2CCNN2)n1. The highest BCUT2D eigenvalue weighted by atomic mass is 19.1. The number of rotatable bonds is 6. The summed E-state index contributed by atoms with van der Waals surface area (Å²) in [6, 6.07) is 7.59. The van der Waals surface area contributed by atoms with Gasteiger partial charge in [0.25, 0.3) is 5.91 Å². The van der Waals surface area contributed by atoms with Crippen molar-refractivity contribution in [3.05, 3.63) is 59.4 Å². The summed E-state index contributed by atoms with van der Waals surface area (Å²) in [4.78, 5) is 24.1. The molecule has 10 heteroatoms. The van der Waals surface area contributed by atoms with E-state index >= 15 is 0 Å². The van der Waals surface area contributed by atoms with Gasteiger partial charge in [0.05, 0.1) is 18.2 Å².